The molecule has 0 saturated carbocycles. The molecule has 0 spiro atoms. The molecule has 0 N–H and O–H groups in total. The van der Waals surface area contributed by atoms with E-state index in [1.807, 2.05) is 24.8 Å². The third kappa shape index (κ3) is 4.13. The van der Waals surface area contributed by atoms with Gasteiger partial charge in [-0.25, -0.2) is 0 Å². The summed E-state index contributed by atoms with van der Waals surface area (Å²) in [7, 11) is 0. The molecule has 0 aliphatic heterocycles. The largest absolute Gasteiger partial charge is 0.360 e. The van der Waals surface area contributed by atoms with Crippen molar-refractivity contribution in [1.82, 2.24) is 5.16 Å². The molecule has 2 rings (SSSR count). The standard InChI is InChI=1S/C16H21NOS/c1-12-9-15(18-17-12)11-19-10-13-5-7-14(8-6-13)16(2,3)4/h5-9H,10-11H2,1-4H3. The number of aromatic nitrogens is 1. The molecule has 0 atom stereocenters. The van der Waals surface area contributed by atoms with Crippen molar-refractivity contribution in [2.24, 2.45) is 0 Å². The fraction of sp³-hybridized carbons (Fsp3) is 0.438. The van der Waals surface area contributed by atoms with Crippen LogP contribution < -0.4 is 0 Å². The van der Waals surface area contributed by atoms with Crippen molar-refractivity contribution >= 4 is 11.8 Å². The minimum Gasteiger partial charge on any atom is -0.360 e. The van der Waals surface area contributed by atoms with E-state index in [2.05, 4.69) is 50.2 Å². The first kappa shape index (κ1) is 14.2. The second-order valence-electron chi connectivity index (χ2n) is 5.87. The Balaban J connectivity index is 1.86. The highest BCUT2D eigenvalue weighted by molar-refractivity contribution is 7.97. The molecule has 19 heavy (non-hydrogen) atoms. The van der Waals surface area contributed by atoms with Crippen LogP contribution in [0.2, 0.25) is 0 Å². The summed E-state index contributed by atoms with van der Waals surface area (Å²) < 4.78 is 5.20. The Hall–Kier alpha value is -1.22. The third-order valence-corrected chi connectivity index (χ3v) is 4.04. The topological polar surface area (TPSA) is 26.0 Å². The van der Waals surface area contributed by atoms with Gasteiger partial charge in [-0.1, -0.05) is 50.2 Å². The Morgan fingerprint density at radius 2 is 1.79 bits per heavy atom. The molecule has 0 fully saturated rings. The highest BCUT2D eigenvalue weighted by atomic mass is 32.2. The van der Waals surface area contributed by atoms with E-state index in [9.17, 15) is 0 Å². The second kappa shape index (κ2) is 5.83. The van der Waals surface area contributed by atoms with Crippen LogP contribution in [-0.4, -0.2) is 5.16 Å². The first-order chi connectivity index (χ1) is 8.95. The monoisotopic (exact) mass is 275 g/mol. The van der Waals surface area contributed by atoms with Gasteiger partial charge >= 0.3 is 0 Å². The second-order valence-corrected chi connectivity index (χ2v) is 6.86. The number of hydrogen-bond donors (Lipinski definition) is 0. The van der Waals surface area contributed by atoms with Crippen LogP contribution in [0.1, 0.15) is 43.4 Å². The number of thioether (sulfide) groups is 1. The van der Waals surface area contributed by atoms with Crippen LogP contribution in [0.15, 0.2) is 34.9 Å². The van der Waals surface area contributed by atoms with Gasteiger partial charge in [-0.15, -0.1) is 11.8 Å². The number of hydrogen-bond acceptors (Lipinski definition) is 3. The molecule has 1 aromatic heterocycles. The lowest BCUT2D eigenvalue weighted by molar-refractivity contribution is 0.391. The highest BCUT2D eigenvalue weighted by Crippen LogP contribution is 2.24. The van der Waals surface area contributed by atoms with Crippen molar-refractivity contribution in [1.29, 1.82) is 0 Å². The zero-order chi connectivity index (χ0) is 13.9. The Bertz CT molecular complexity index is 522. The van der Waals surface area contributed by atoms with Gasteiger partial charge in [0, 0.05) is 11.8 Å². The van der Waals surface area contributed by atoms with E-state index in [1.54, 1.807) is 0 Å². The van der Waals surface area contributed by atoms with Crippen molar-refractivity contribution in [3.63, 3.8) is 0 Å². The van der Waals surface area contributed by atoms with Crippen LogP contribution in [0.3, 0.4) is 0 Å². The van der Waals surface area contributed by atoms with Gasteiger partial charge < -0.3 is 4.52 Å². The molecule has 0 radical (unpaired) electrons. The van der Waals surface area contributed by atoms with Crippen molar-refractivity contribution in [2.45, 2.75) is 44.6 Å². The minimum atomic E-state index is 0.225. The molecule has 0 amide bonds. The number of benzene rings is 1. The molecule has 2 aromatic rings. The molecule has 2 nitrogen and oxygen atoms in total. The van der Waals surface area contributed by atoms with Crippen LogP contribution in [0.25, 0.3) is 0 Å². The molecular formula is C16H21NOS. The Labute approximate surface area is 119 Å². The van der Waals surface area contributed by atoms with Crippen molar-refractivity contribution in [3.8, 4) is 0 Å². The summed E-state index contributed by atoms with van der Waals surface area (Å²) in [6.45, 7) is 8.66. The molecule has 0 aliphatic rings. The lowest BCUT2D eigenvalue weighted by atomic mass is 9.87. The van der Waals surface area contributed by atoms with Gasteiger partial charge in [0.25, 0.3) is 0 Å². The number of rotatable bonds is 4. The molecule has 0 unspecified atom stereocenters. The van der Waals surface area contributed by atoms with Crippen molar-refractivity contribution < 1.29 is 4.52 Å². The van der Waals surface area contributed by atoms with E-state index in [1.165, 1.54) is 11.1 Å². The fourth-order valence-corrected chi connectivity index (χ4v) is 2.72. The Morgan fingerprint density at radius 3 is 2.32 bits per heavy atom. The van der Waals surface area contributed by atoms with E-state index < -0.39 is 0 Å². The zero-order valence-electron chi connectivity index (χ0n) is 12.1. The zero-order valence-corrected chi connectivity index (χ0v) is 12.9. The van der Waals surface area contributed by atoms with E-state index in [4.69, 9.17) is 4.52 Å². The maximum Gasteiger partial charge on any atom is 0.146 e. The molecule has 0 aliphatic carbocycles. The molecule has 102 valence electrons. The van der Waals surface area contributed by atoms with Crippen LogP contribution in [0.4, 0.5) is 0 Å². The predicted molar refractivity (Wildman–Crippen MR) is 81.4 cm³/mol. The number of aryl methyl sites for hydroxylation is 1. The average Bonchev–Trinajstić information content (AvgIpc) is 2.75. The average molecular weight is 275 g/mol. The van der Waals surface area contributed by atoms with Gasteiger partial charge in [0.1, 0.15) is 5.76 Å². The van der Waals surface area contributed by atoms with Crippen LogP contribution in [0, 0.1) is 6.92 Å². The van der Waals surface area contributed by atoms with Crippen LogP contribution >= 0.6 is 11.8 Å². The SMILES string of the molecule is Cc1cc(CSCc2ccc(C(C)(C)C)cc2)on1. The summed E-state index contributed by atoms with van der Waals surface area (Å²) in [6.07, 6.45) is 0. The minimum absolute atomic E-state index is 0.225. The first-order valence-corrected chi connectivity index (χ1v) is 7.70. The summed E-state index contributed by atoms with van der Waals surface area (Å²) in [6, 6.07) is 10.9. The fourth-order valence-electron chi connectivity index (χ4n) is 1.85. The van der Waals surface area contributed by atoms with Gasteiger partial charge in [-0.3, -0.25) is 0 Å². The molecule has 1 aromatic carbocycles. The number of nitrogens with zero attached hydrogens (tertiary/aromatic N) is 1. The van der Waals surface area contributed by atoms with E-state index >= 15 is 0 Å². The Kier molecular flexibility index (Phi) is 4.35. The maximum absolute atomic E-state index is 5.20. The lowest BCUT2D eigenvalue weighted by Gasteiger charge is -2.19. The summed E-state index contributed by atoms with van der Waals surface area (Å²) >= 11 is 1.85. The molecule has 1 heterocycles. The normalized spacial score (nSPS) is 11.8. The molecular weight excluding hydrogens is 254 g/mol. The Morgan fingerprint density at radius 1 is 1.11 bits per heavy atom. The highest BCUT2D eigenvalue weighted by Gasteiger charge is 2.12. The van der Waals surface area contributed by atoms with Gasteiger partial charge in [0.05, 0.1) is 11.4 Å². The quantitative estimate of drug-likeness (QED) is 0.808. The van der Waals surface area contributed by atoms with Crippen molar-refractivity contribution in [2.75, 3.05) is 0 Å². The van der Waals surface area contributed by atoms with Crippen LogP contribution in [0.5, 0.6) is 0 Å². The van der Waals surface area contributed by atoms with E-state index in [-0.39, 0.29) is 5.41 Å². The predicted octanol–water partition coefficient (Wildman–Crippen LogP) is 4.71. The van der Waals surface area contributed by atoms with Gasteiger partial charge in [0.2, 0.25) is 0 Å². The summed E-state index contributed by atoms with van der Waals surface area (Å²) in [5.74, 6) is 2.83. The van der Waals surface area contributed by atoms with E-state index in [0.29, 0.717) is 0 Å². The smallest absolute Gasteiger partial charge is 0.146 e. The first-order valence-electron chi connectivity index (χ1n) is 6.54. The third-order valence-electron chi connectivity index (χ3n) is 3.01. The van der Waals surface area contributed by atoms with Gasteiger partial charge in [0.15, 0.2) is 0 Å². The lowest BCUT2D eigenvalue weighted by Crippen LogP contribution is -2.10. The molecule has 0 saturated heterocycles. The molecule has 0 bridgehead atoms. The maximum atomic E-state index is 5.20. The van der Waals surface area contributed by atoms with E-state index in [0.717, 1.165) is 23.0 Å². The van der Waals surface area contributed by atoms with Gasteiger partial charge in [-0.05, 0) is 23.5 Å². The van der Waals surface area contributed by atoms with Gasteiger partial charge in [-0.2, -0.15) is 0 Å². The summed E-state index contributed by atoms with van der Waals surface area (Å²) in [4.78, 5) is 0. The molecule has 3 heteroatoms. The summed E-state index contributed by atoms with van der Waals surface area (Å²) in [5.41, 5.74) is 3.91. The summed E-state index contributed by atoms with van der Waals surface area (Å²) in [5, 5.41) is 3.89. The van der Waals surface area contributed by atoms with Crippen LogP contribution in [-0.2, 0) is 16.9 Å². The van der Waals surface area contributed by atoms with Crippen molar-refractivity contribution in [3.05, 3.63) is 52.9 Å².